The van der Waals surface area contributed by atoms with Crippen molar-refractivity contribution in [1.82, 2.24) is 9.80 Å². The van der Waals surface area contributed by atoms with Gasteiger partial charge in [-0.3, -0.25) is 0 Å². The van der Waals surface area contributed by atoms with Gasteiger partial charge in [-0.25, -0.2) is 19.3 Å². The fourth-order valence-corrected chi connectivity index (χ4v) is 2.73. The van der Waals surface area contributed by atoms with Crippen molar-refractivity contribution in [3.63, 3.8) is 0 Å². The molecule has 0 spiro atoms. The molecule has 1 heterocycles. The van der Waals surface area contributed by atoms with Crippen molar-refractivity contribution < 1.29 is 23.9 Å². The van der Waals surface area contributed by atoms with Gasteiger partial charge in [-0.1, -0.05) is 43.7 Å². The standard InChI is InChI=1S/C20H28N2O5/c1-5-6-12-21-13-16(17(23)27-20(2,3)4)22(18(21)24)19(25)26-14-15-10-8-7-9-11-15/h7-11,16H,5-6,12-14H2,1-4H3/t16-/m0/s1. The maximum atomic E-state index is 12.7. The fraction of sp³-hybridized carbons (Fsp3) is 0.550. The molecule has 1 fully saturated rings. The molecular formula is C20H28N2O5. The summed E-state index contributed by atoms with van der Waals surface area (Å²) in [5.74, 6) is -0.605. The summed E-state index contributed by atoms with van der Waals surface area (Å²) < 4.78 is 10.7. The minimum absolute atomic E-state index is 0.0272. The molecule has 1 aromatic rings. The maximum absolute atomic E-state index is 12.7. The van der Waals surface area contributed by atoms with Crippen LogP contribution in [0.2, 0.25) is 0 Å². The number of carbonyl (C=O) groups excluding carboxylic acids is 3. The summed E-state index contributed by atoms with van der Waals surface area (Å²) in [4.78, 5) is 40.2. The number of urea groups is 1. The largest absolute Gasteiger partial charge is 0.458 e. The van der Waals surface area contributed by atoms with Crippen molar-refractivity contribution >= 4 is 18.1 Å². The molecule has 0 unspecified atom stereocenters. The van der Waals surface area contributed by atoms with Gasteiger partial charge in [0.1, 0.15) is 12.2 Å². The van der Waals surface area contributed by atoms with E-state index in [-0.39, 0.29) is 13.2 Å². The molecule has 0 bridgehead atoms. The van der Waals surface area contributed by atoms with Crippen LogP contribution in [0.15, 0.2) is 30.3 Å². The molecule has 1 saturated heterocycles. The van der Waals surface area contributed by atoms with E-state index in [0.29, 0.717) is 6.54 Å². The lowest BCUT2D eigenvalue weighted by molar-refractivity contribution is -0.159. The van der Waals surface area contributed by atoms with Gasteiger partial charge >= 0.3 is 18.1 Å². The van der Waals surface area contributed by atoms with Crippen LogP contribution in [0.5, 0.6) is 0 Å². The van der Waals surface area contributed by atoms with E-state index in [1.54, 1.807) is 20.8 Å². The Morgan fingerprint density at radius 3 is 2.44 bits per heavy atom. The first kappa shape index (κ1) is 20.7. The summed E-state index contributed by atoms with van der Waals surface area (Å²) in [7, 11) is 0. The second-order valence-electron chi connectivity index (χ2n) is 7.54. The number of hydrogen-bond donors (Lipinski definition) is 0. The number of hydrogen-bond acceptors (Lipinski definition) is 5. The molecule has 2 rings (SSSR count). The molecule has 1 aromatic carbocycles. The zero-order valence-corrected chi connectivity index (χ0v) is 16.4. The summed E-state index contributed by atoms with van der Waals surface area (Å²) in [6.45, 7) is 7.88. The van der Waals surface area contributed by atoms with Crippen LogP contribution in [0, 0.1) is 0 Å². The minimum atomic E-state index is -1.00. The molecule has 1 atom stereocenters. The maximum Gasteiger partial charge on any atom is 0.419 e. The molecule has 0 N–H and O–H groups in total. The third-order valence-corrected chi connectivity index (χ3v) is 4.04. The van der Waals surface area contributed by atoms with Crippen molar-refractivity contribution in [1.29, 1.82) is 0 Å². The zero-order valence-electron chi connectivity index (χ0n) is 16.4. The Labute approximate surface area is 160 Å². The van der Waals surface area contributed by atoms with E-state index in [1.807, 2.05) is 37.3 Å². The highest BCUT2D eigenvalue weighted by molar-refractivity contribution is 5.98. The summed E-state index contributed by atoms with van der Waals surface area (Å²) in [5.41, 5.74) is 0.0884. The summed E-state index contributed by atoms with van der Waals surface area (Å²) >= 11 is 0. The van der Waals surface area contributed by atoms with Crippen molar-refractivity contribution in [3.05, 3.63) is 35.9 Å². The number of benzene rings is 1. The van der Waals surface area contributed by atoms with E-state index in [9.17, 15) is 14.4 Å². The third-order valence-electron chi connectivity index (χ3n) is 4.04. The summed E-state index contributed by atoms with van der Waals surface area (Å²) in [5, 5.41) is 0. The lowest BCUT2D eigenvalue weighted by Crippen LogP contribution is -2.46. The molecule has 1 aliphatic heterocycles. The number of esters is 1. The van der Waals surface area contributed by atoms with Crippen molar-refractivity contribution in [2.45, 2.75) is 58.8 Å². The van der Waals surface area contributed by atoms with Crippen LogP contribution < -0.4 is 0 Å². The molecule has 0 aromatic heterocycles. The average molecular weight is 376 g/mol. The smallest absolute Gasteiger partial charge is 0.419 e. The normalized spacial score (nSPS) is 17.2. The number of carbonyl (C=O) groups is 3. The lowest BCUT2D eigenvalue weighted by atomic mass is 10.2. The Bertz CT molecular complexity index is 669. The Morgan fingerprint density at radius 2 is 1.85 bits per heavy atom. The van der Waals surface area contributed by atoms with Gasteiger partial charge < -0.3 is 14.4 Å². The molecule has 3 amide bonds. The Kier molecular flexibility index (Phi) is 6.82. The number of nitrogens with zero attached hydrogens (tertiary/aromatic N) is 2. The predicted molar refractivity (Wildman–Crippen MR) is 100.0 cm³/mol. The van der Waals surface area contributed by atoms with Crippen molar-refractivity contribution in [3.8, 4) is 0 Å². The van der Waals surface area contributed by atoms with Crippen molar-refractivity contribution in [2.75, 3.05) is 13.1 Å². The van der Waals surface area contributed by atoms with Crippen LogP contribution in [-0.4, -0.2) is 52.6 Å². The highest BCUT2D eigenvalue weighted by Gasteiger charge is 2.47. The van der Waals surface area contributed by atoms with Gasteiger partial charge in [0.05, 0.1) is 6.54 Å². The molecule has 148 valence electrons. The van der Waals surface area contributed by atoms with Gasteiger partial charge in [-0.05, 0) is 32.8 Å². The molecule has 0 radical (unpaired) electrons. The quantitative estimate of drug-likeness (QED) is 0.710. The molecular weight excluding hydrogens is 348 g/mol. The Hall–Kier alpha value is -2.57. The number of amides is 3. The van der Waals surface area contributed by atoms with Crippen LogP contribution in [-0.2, 0) is 20.9 Å². The summed E-state index contributed by atoms with van der Waals surface area (Å²) in [6.07, 6.45) is 0.859. The monoisotopic (exact) mass is 376 g/mol. The highest BCUT2D eigenvalue weighted by Crippen LogP contribution is 2.22. The van der Waals surface area contributed by atoms with Crippen LogP contribution >= 0.6 is 0 Å². The van der Waals surface area contributed by atoms with Crippen molar-refractivity contribution in [2.24, 2.45) is 0 Å². The predicted octanol–water partition coefficient (Wildman–Crippen LogP) is 3.57. The van der Waals surface area contributed by atoms with Crippen LogP contribution in [0.1, 0.15) is 46.1 Å². The first-order chi connectivity index (χ1) is 12.7. The van der Waals surface area contributed by atoms with Crippen LogP contribution in [0.3, 0.4) is 0 Å². The number of ether oxygens (including phenoxy) is 2. The first-order valence-corrected chi connectivity index (χ1v) is 9.24. The number of imide groups is 1. The molecule has 27 heavy (non-hydrogen) atoms. The fourth-order valence-electron chi connectivity index (χ4n) is 2.73. The van der Waals surface area contributed by atoms with Gasteiger partial charge in [0, 0.05) is 6.54 Å². The van der Waals surface area contributed by atoms with E-state index >= 15 is 0 Å². The van der Waals surface area contributed by atoms with Gasteiger partial charge in [-0.2, -0.15) is 0 Å². The second kappa shape index (κ2) is 8.88. The zero-order chi connectivity index (χ0) is 20.0. The molecule has 7 heteroatoms. The number of unbranched alkanes of at least 4 members (excludes halogenated alkanes) is 1. The van der Waals surface area contributed by atoms with Crippen LogP contribution in [0.4, 0.5) is 9.59 Å². The first-order valence-electron chi connectivity index (χ1n) is 9.24. The van der Waals surface area contributed by atoms with E-state index in [4.69, 9.17) is 9.47 Å². The SMILES string of the molecule is CCCCN1C[C@@H](C(=O)OC(C)(C)C)N(C(=O)OCc2ccccc2)C1=O. The topological polar surface area (TPSA) is 76.2 Å². The second-order valence-corrected chi connectivity index (χ2v) is 7.54. The number of rotatable bonds is 6. The highest BCUT2D eigenvalue weighted by atomic mass is 16.6. The Morgan fingerprint density at radius 1 is 1.19 bits per heavy atom. The van der Waals surface area contributed by atoms with Gasteiger partial charge in [0.25, 0.3) is 0 Å². The molecule has 0 aliphatic carbocycles. The van der Waals surface area contributed by atoms with Gasteiger partial charge in [0.2, 0.25) is 0 Å². The average Bonchev–Trinajstić information content (AvgIpc) is 2.94. The Balaban J connectivity index is 2.12. The molecule has 7 nitrogen and oxygen atoms in total. The van der Waals surface area contributed by atoms with E-state index in [1.165, 1.54) is 4.90 Å². The van der Waals surface area contributed by atoms with E-state index in [0.717, 1.165) is 23.3 Å². The molecule has 1 aliphatic rings. The minimum Gasteiger partial charge on any atom is -0.458 e. The lowest BCUT2D eigenvalue weighted by Gasteiger charge is -2.24. The van der Waals surface area contributed by atoms with Gasteiger partial charge in [0.15, 0.2) is 6.04 Å². The van der Waals surface area contributed by atoms with Gasteiger partial charge in [-0.15, -0.1) is 0 Å². The van der Waals surface area contributed by atoms with E-state index in [2.05, 4.69) is 0 Å². The summed E-state index contributed by atoms with van der Waals surface area (Å²) in [6, 6.07) is 7.64. The molecule has 0 saturated carbocycles. The van der Waals surface area contributed by atoms with Crippen LogP contribution in [0.25, 0.3) is 0 Å². The third kappa shape index (κ3) is 5.70. The van der Waals surface area contributed by atoms with E-state index < -0.39 is 29.7 Å².